The number of aryl methyl sites for hydroxylation is 2. The largest absolute Gasteiger partial charge is 0.488 e. The summed E-state index contributed by atoms with van der Waals surface area (Å²) in [5.41, 5.74) is 3.37. The number of carbonyl (C=O) groups excluding carboxylic acids is 2. The molecule has 0 fully saturated rings. The molecule has 1 atom stereocenters. The Kier molecular flexibility index (Phi) is 8.06. The van der Waals surface area contributed by atoms with Gasteiger partial charge in [0.2, 0.25) is 5.91 Å². The van der Waals surface area contributed by atoms with E-state index >= 15 is 0 Å². The van der Waals surface area contributed by atoms with Gasteiger partial charge in [0.1, 0.15) is 11.9 Å². The van der Waals surface area contributed by atoms with Crippen LogP contribution in [-0.4, -0.2) is 41.4 Å². The summed E-state index contributed by atoms with van der Waals surface area (Å²) in [6.07, 6.45) is 1.53. The smallest absolute Gasteiger partial charge is 0.257 e. The highest BCUT2D eigenvalue weighted by molar-refractivity contribution is 6.04. The quantitative estimate of drug-likeness (QED) is 0.524. The summed E-state index contributed by atoms with van der Waals surface area (Å²) in [5.74, 6) is 6.68. The molecule has 0 saturated heterocycles. The number of nitrogens with zero attached hydrogens (tertiary/aromatic N) is 2. The Labute approximate surface area is 199 Å². The standard InChI is InChI=1S/C26H28N4O4/c1-17-6-7-20(14-24(17)27-19(3)31)8-9-21-12-22(15-23(13-21)34-18(2)16-33-5)26(32)28-25-10-11-30(4)29-25/h6-7,10-15,18H,16H2,1-5H3,(H,27,31)(H,28,29,32)/t18-/m0/s1. The molecule has 1 aromatic heterocycles. The van der Waals surface area contributed by atoms with Crippen molar-refractivity contribution < 1.29 is 19.1 Å². The minimum atomic E-state index is -0.324. The highest BCUT2D eigenvalue weighted by atomic mass is 16.5. The SMILES string of the molecule is COC[C@H](C)Oc1cc(C#Cc2ccc(C)c(NC(C)=O)c2)cc(C(=O)Nc2ccn(C)n2)c1. The third kappa shape index (κ3) is 6.95. The maximum absolute atomic E-state index is 12.9. The zero-order valence-electron chi connectivity index (χ0n) is 19.9. The number of hydrogen-bond donors (Lipinski definition) is 2. The fourth-order valence-corrected chi connectivity index (χ4v) is 3.21. The van der Waals surface area contributed by atoms with Gasteiger partial charge < -0.3 is 20.1 Å². The molecule has 3 rings (SSSR count). The summed E-state index contributed by atoms with van der Waals surface area (Å²) in [6.45, 7) is 5.66. The highest BCUT2D eigenvalue weighted by Crippen LogP contribution is 2.21. The molecule has 2 aromatic carbocycles. The van der Waals surface area contributed by atoms with Gasteiger partial charge in [0.25, 0.3) is 5.91 Å². The van der Waals surface area contributed by atoms with E-state index in [0.717, 1.165) is 11.1 Å². The molecule has 176 valence electrons. The Bertz CT molecular complexity index is 1250. The van der Waals surface area contributed by atoms with Crippen LogP contribution in [0.4, 0.5) is 11.5 Å². The predicted octanol–water partition coefficient (Wildman–Crippen LogP) is 3.75. The number of amides is 2. The lowest BCUT2D eigenvalue weighted by Crippen LogP contribution is -2.19. The first-order valence-electron chi connectivity index (χ1n) is 10.8. The zero-order chi connectivity index (χ0) is 24.7. The first-order chi connectivity index (χ1) is 16.2. The summed E-state index contributed by atoms with van der Waals surface area (Å²) >= 11 is 0. The number of nitrogens with one attached hydrogen (secondary N) is 2. The molecule has 8 nitrogen and oxygen atoms in total. The Morgan fingerprint density at radius 2 is 1.85 bits per heavy atom. The molecular weight excluding hydrogens is 432 g/mol. The summed E-state index contributed by atoms with van der Waals surface area (Å²) in [6, 6.07) is 12.4. The molecule has 3 aromatic rings. The van der Waals surface area contributed by atoms with Gasteiger partial charge in [-0.2, -0.15) is 5.10 Å². The lowest BCUT2D eigenvalue weighted by atomic mass is 10.1. The molecule has 2 amide bonds. The molecule has 0 aliphatic heterocycles. The van der Waals surface area contributed by atoms with E-state index in [0.29, 0.717) is 35.0 Å². The van der Waals surface area contributed by atoms with Crippen molar-refractivity contribution in [1.82, 2.24) is 9.78 Å². The van der Waals surface area contributed by atoms with Gasteiger partial charge in [0, 0.05) is 55.7 Å². The van der Waals surface area contributed by atoms with Crippen LogP contribution in [0.15, 0.2) is 48.7 Å². The third-order valence-electron chi connectivity index (χ3n) is 4.76. The van der Waals surface area contributed by atoms with Crippen LogP contribution in [0, 0.1) is 18.8 Å². The van der Waals surface area contributed by atoms with Crippen molar-refractivity contribution in [3.63, 3.8) is 0 Å². The normalized spacial score (nSPS) is 11.2. The molecule has 0 spiro atoms. The van der Waals surface area contributed by atoms with Crippen LogP contribution in [0.5, 0.6) is 5.75 Å². The van der Waals surface area contributed by atoms with E-state index in [1.807, 2.05) is 32.0 Å². The molecule has 1 heterocycles. The summed E-state index contributed by atoms with van der Waals surface area (Å²) in [7, 11) is 3.38. The lowest BCUT2D eigenvalue weighted by Gasteiger charge is -2.15. The van der Waals surface area contributed by atoms with Crippen molar-refractivity contribution in [2.75, 3.05) is 24.4 Å². The Morgan fingerprint density at radius 3 is 2.53 bits per heavy atom. The predicted molar refractivity (Wildman–Crippen MR) is 131 cm³/mol. The number of benzene rings is 2. The average Bonchev–Trinajstić information content (AvgIpc) is 3.18. The van der Waals surface area contributed by atoms with Crippen molar-refractivity contribution in [3.05, 3.63) is 70.9 Å². The van der Waals surface area contributed by atoms with Crippen LogP contribution in [-0.2, 0) is 16.6 Å². The Morgan fingerprint density at radius 1 is 1.09 bits per heavy atom. The number of hydrogen-bond acceptors (Lipinski definition) is 5. The van der Waals surface area contributed by atoms with Crippen molar-refractivity contribution in [2.24, 2.45) is 7.05 Å². The van der Waals surface area contributed by atoms with Crippen LogP contribution in [0.3, 0.4) is 0 Å². The van der Waals surface area contributed by atoms with Gasteiger partial charge in [-0.05, 0) is 49.7 Å². The van der Waals surface area contributed by atoms with Gasteiger partial charge >= 0.3 is 0 Å². The number of anilines is 2. The molecule has 0 aliphatic carbocycles. The van der Waals surface area contributed by atoms with Crippen LogP contribution >= 0.6 is 0 Å². The second-order valence-corrected chi connectivity index (χ2v) is 7.92. The van der Waals surface area contributed by atoms with Crippen LogP contribution in [0.25, 0.3) is 0 Å². The van der Waals surface area contributed by atoms with Crippen LogP contribution in [0.1, 0.15) is 40.9 Å². The molecule has 8 heteroatoms. The maximum Gasteiger partial charge on any atom is 0.257 e. The van der Waals surface area contributed by atoms with Crippen LogP contribution < -0.4 is 15.4 Å². The minimum Gasteiger partial charge on any atom is -0.488 e. The molecule has 0 unspecified atom stereocenters. The molecular formula is C26H28N4O4. The van der Waals surface area contributed by atoms with Gasteiger partial charge in [-0.25, -0.2) is 0 Å². The summed E-state index contributed by atoms with van der Waals surface area (Å²) in [5, 5.41) is 9.77. The minimum absolute atomic E-state index is 0.146. The molecule has 0 aliphatic rings. The van der Waals surface area contributed by atoms with E-state index in [2.05, 4.69) is 27.6 Å². The van der Waals surface area contributed by atoms with Crippen molar-refractivity contribution in [3.8, 4) is 17.6 Å². The fraction of sp³-hybridized carbons (Fsp3) is 0.269. The van der Waals surface area contributed by atoms with Gasteiger partial charge in [-0.15, -0.1) is 0 Å². The van der Waals surface area contributed by atoms with E-state index in [4.69, 9.17) is 9.47 Å². The van der Waals surface area contributed by atoms with E-state index in [9.17, 15) is 9.59 Å². The van der Waals surface area contributed by atoms with Gasteiger partial charge in [0.15, 0.2) is 5.82 Å². The van der Waals surface area contributed by atoms with Crippen molar-refractivity contribution in [2.45, 2.75) is 26.9 Å². The van der Waals surface area contributed by atoms with Gasteiger partial charge in [-0.3, -0.25) is 14.3 Å². The topological polar surface area (TPSA) is 94.5 Å². The first-order valence-corrected chi connectivity index (χ1v) is 10.8. The number of carbonyl (C=O) groups is 2. The van der Waals surface area contributed by atoms with Crippen molar-refractivity contribution in [1.29, 1.82) is 0 Å². The van der Waals surface area contributed by atoms with Gasteiger partial charge in [-0.1, -0.05) is 17.9 Å². The number of aromatic nitrogens is 2. The van der Waals surface area contributed by atoms with E-state index < -0.39 is 0 Å². The fourth-order valence-electron chi connectivity index (χ4n) is 3.21. The Hall–Kier alpha value is -4.09. The molecule has 0 radical (unpaired) electrons. The molecule has 0 saturated carbocycles. The average molecular weight is 461 g/mol. The van der Waals surface area contributed by atoms with Crippen LogP contribution in [0.2, 0.25) is 0 Å². The van der Waals surface area contributed by atoms with E-state index in [1.165, 1.54) is 6.92 Å². The molecule has 0 bridgehead atoms. The zero-order valence-corrected chi connectivity index (χ0v) is 19.9. The highest BCUT2D eigenvalue weighted by Gasteiger charge is 2.13. The third-order valence-corrected chi connectivity index (χ3v) is 4.76. The summed E-state index contributed by atoms with van der Waals surface area (Å²) in [4.78, 5) is 24.3. The van der Waals surface area contributed by atoms with E-state index in [-0.39, 0.29) is 17.9 Å². The first kappa shape index (κ1) is 24.6. The van der Waals surface area contributed by atoms with Gasteiger partial charge in [0.05, 0.1) is 6.61 Å². The number of ether oxygens (including phenoxy) is 2. The van der Waals surface area contributed by atoms with E-state index in [1.54, 1.807) is 49.3 Å². The monoisotopic (exact) mass is 460 g/mol. The molecule has 34 heavy (non-hydrogen) atoms. The second kappa shape index (κ2) is 11.2. The van der Waals surface area contributed by atoms with Crippen molar-refractivity contribution >= 4 is 23.3 Å². The summed E-state index contributed by atoms with van der Waals surface area (Å²) < 4.78 is 12.7. The Balaban J connectivity index is 1.92. The maximum atomic E-state index is 12.9. The molecule has 2 N–H and O–H groups in total. The second-order valence-electron chi connectivity index (χ2n) is 7.92. The number of methoxy groups -OCH3 is 1. The lowest BCUT2D eigenvalue weighted by molar-refractivity contribution is -0.114. The number of rotatable bonds is 7.